The van der Waals surface area contributed by atoms with E-state index in [0.29, 0.717) is 36.7 Å². The van der Waals surface area contributed by atoms with Gasteiger partial charge in [0.25, 0.3) is 5.91 Å². The van der Waals surface area contributed by atoms with E-state index in [2.05, 4.69) is 11.1 Å². The number of benzene rings is 2. The molecule has 0 saturated carbocycles. The first kappa shape index (κ1) is 19.2. The number of aromatic nitrogens is 1. The highest BCUT2D eigenvalue weighted by molar-refractivity contribution is 6.31. The molecule has 148 valence electrons. The van der Waals surface area contributed by atoms with E-state index >= 15 is 0 Å². The Labute approximate surface area is 174 Å². The highest BCUT2D eigenvalue weighted by Crippen LogP contribution is 2.33. The van der Waals surface area contributed by atoms with Crippen LogP contribution in [0.3, 0.4) is 0 Å². The molecular weight excluding hydrogens is 388 g/mol. The summed E-state index contributed by atoms with van der Waals surface area (Å²) in [7, 11) is 0. The number of halogens is 1. The molecule has 29 heavy (non-hydrogen) atoms. The third-order valence-electron chi connectivity index (χ3n) is 4.83. The summed E-state index contributed by atoms with van der Waals surface area (Å²) in [6.07, 6.45) is 3.72. The molecule has 5 nitrogen and oxygen atoms in total. The second-order valence-corrected chi connectivity index (χ2v) is 7.17. The normalized spacial score (nSPS) is 12.0. The summed E-state index contributed by atoms with van der Waals surface area (Å²) in [5.74, 6) is 1.16. The van der Waals surface area contributed by atoms with Gasteiger partial charge in [0.15, 0.2) is 11.5 Å². The molecular formula is C23H21ClN2O3. The molecule has 0 aliphatic carbocycles. The highest BCUT2D eigenvalue weighted by Gasteiger charge is 2.21. The van der Waals surface area contributed by atoms with Crippen molar-refractivity contribution in [2.24, 2.45) is 0 Å². The molecule has 4 rings (SSSR count). The zero-order chi connectivity index (χ0) is 20.2. The van der Waals surface area contributed by atoms with E-state index < -0.39 is 0 Å². The summed E-state index contributed by atoms with van der Waals surface area (Å²) >= 11 is 6.31. The minimum absolute atomic E-state index is 0.0892. The molecule has 1 amide bonds. The second kappa shape index (κ2) is 8.45. The van der Waals surface area contributed by atoms with Gasteiger partial charge in [-0.3, -0.25) is 4.79 Å². The maximum atomic E-state index is 13.1. The molecule has 0 saturated heterocycles. The van der Waals surface area contributed by atoms with E-state index in [4.69, 9.17) is 21.1 Å². The summed E-state index contributed by atoms with van der Waals surface area (Å²) in [6.45, 7) is 5.51. The third kappa shape index (κ3) is 4.15. The number of carbonyl (C=O) groups excluding carboxylic acids is 1. The van der Waals surface area contributed by atoms with E-state index in [9.17, 15) is 4.79 Å². The van der Waals surface area contributed by atoms with Crippen LogP contribution in [0.25, 0.3) is 0 Å². The second-order valence-electron chi connectivity index (χ2n) is 6.76. The summed E-state index contributed by atoms with van der Waals surface area (Å²) in [4.78, 5) is 14.9. The Balaban J connectivity index is 1.55. The Morgan fingerprint density at radius 2 is 1.97 bits per heavy atom. The lowest BCUT2D eigenvalue weighted by atomic mass is 10.1. The number of hydrogen-bond donors (Lipinski definition) is 0. The Hall–Kier alpha value is -3.18. The van der Waals surface area contributed by atoms with E-state index in [1.807, 2.05) is 42.6 Å². The van der Waals surface area contributed by atoms with Crippen LogP contribution in [-0.4, -0.2) is 28.7 Å². The fraction of sp³-hybridized carbons (Fsp3) is 0.174. The molecule has 0 unspecified atom stereocenters. The summed E-state index contributed by atoms with van der Waals surface area (Å²) < 4.78 is 12.8. The van der Waals surface area contributed by atoms with Crippen molar-refractivity contribution in [2.75, 3.05) is 13.3 Å². The van der Waals surface area contributed by atoms with Gasteiger partial charge in [-0.1, -0.05) is 35.9 Å². The first-order chi connectivity index (χ1) is 14.2. The van der Waals surface area contributed by atoms with Crippen LogP contribution in [0, 0.1) is 0 Å². The summed E-state index contributed by atoms with van der Waals surface area (Å²) in [5, 5.41) is 0.728. The lowest BCUT2D eigenvalue weighted by Crippen LogP contribution is -2.31. The first-order valence-corrected chi connectivity index (χ1v) is 9.71. The van der Waals surface area contributed by atoms with Gasteiger partial charge in [0.05, 0.1) is 6.54 Å². The molecule has 2 aromatic carbocycles. The van der Waals surface area contributed by atoms with E-state index in [-0.39, 0.29) is 12.7 Å². The van der Waals surface area contributed by atoms with Crippen LogP contribution in [-0.2, 0) is 13.1 Å². The van der Waals surface area contributed by atoms with Crippen molar-refractivity contribution in [1.29, 1.82) is 0 Å². The average Bonchev–Trinajstić information content (AvgIpc) is 3.37. The SMILES string of the molecule is C=CCN(Cc1cccn1Cc1ccccc1Cl)C(=O)c1ccc2c(c1)OCO2. The fourth-order valence-electron chi connectivity index (χ4n) is 3.34. The van der Waals surface area contributed by atoms with E-state index in [0.717, 1.165) is 16.3 Å². The summed E-state index contributed by atoms with van der Waals surface area (Å²) in [6, 6.07) is 17.0. The first-order valence-electron chi connectivity index (χ1n) is 9.33. The Bertz CT molecular complexity index is 1040. The number of ether oxygens (including phenoxy) is 2. The number of rotatable bonds is 7. The predicted octanol–water partition coefficient (Wildman–Crippen LogP) is 4.75. The average molecular weight is 409 g/mol. The fourth-order valence-corrected chi connectivity index (χ4v) is 3.54. The van der Waals surface area contributed by atoms with Crippen molar-refractivity contribution in [3.63, 3.8) is 0 Å². The molecule has 1 aliphatic heterocycles. The van der Waals surface area contributed by atoms with Crippen LogP contribution in [0.2, 0.25) is 5.02 Å². The van der Waals surface area contributed by atoms with Crippen LogP contribution >= 0.6 is 11.6 Å². The van der Waals surface area contributed by atoms with Gasteiger partial charge in [0.1, 0.15) is 0 Å². The van der Waals surface area contributed by atoms with Gasteiger partial charge < -0.3 is 18.9 Å². The largest absolute Gasteiger partial charge is 0.454 e. The van der Waals surface area contributed by atoms with Crippen molar-refractivity contribution in [2.45, 2.75) is 13.1 Å². The predicted molar refractivity (Wildman–Crippen MR) is 112 cm³/mol. The van der Waals surface area contributed by atoms with E-state index in [1.165, 1.54) is 0 Å². The van der Waals surface area contributed by atoms with Crippen molar-refractivity contribution in [3.8, 4) is 11.5 Å². The lowest BCUT2D eigenvalue weighted by molar-refractivity contribution is 0.0759. The van der Waals surface area contributed by atoms with Gasteiger partial charge in [-0.2, -0.15) is 0 Å². The minimum Gasteiger partial charge on any atom is -0.454 e. The maximum absolute atomic E-state index is 13.1. The quantitative estimate of drug-likeness (QED) is 0.530. The van der Waals surface area contributed by atoms with Crippen molar-refractivity contribution >= 4 is 17.5 Å². The topological polar surface area (TPSA) is 43.7 Å². The molecule has 1 aliphatic rings. The smallest absolute Gasteiger partial charge is 0.254 e. The zero-order valence-electron chi connectivity index (χ0n) is 15.9. The summed E-state index contributed by atoms with van der Waals surface area (Å²) in [5.41, 5.74) is 2.60. The molecule has 0 N–H and O–H groups in total. The molecule has 6 heteroatoms. The molecule has 0 radical (unpaired) electrons. The van der Waals surface area contributed by atoms with Gasteiger partial charge in [0, 0.05) is 35.6 Å². The number of carbonyl (C=O) groups is 1. The Morgan fingerprint density at radius 3 is 2.79 bits per heavy atom. The molecule has 0 bridgehead atoms. The van der Waals surface area contributed by atoms with Crippen molar-refractivity contribution in [1.82, 2.24) is 9.47 Å². The van der Waals surface area contributed by atoms with Crippen LogP contribution in [0.1, 0.15) is 21.6 Å². The Morgan fingerprint density at radius 1 is 1.14 bits per heavy atom. The monoisotopic (exact) mass is 408 g/mol. The van der Waals surface area contributed by atoms with Gasteiger partial charge in [-0.15, -0.1) is 6.58 Å². The Kier molecular flexibility index (Phi) is 5.58. The van der Waals surface area contributed by atoms with Gasteiger partial charge in [-0.05, 0) is 42.0 Å². The van der Waals surface area contributed by atoms with E-state index in [1.54, 1.807) is 29.2 Å². The molecule has 2 heterocycles. The van der Waals surface area contributed by atoms with Gasteiger partial charge in [0.2, 0.25) is 6.79 Å². The van der Waals surface area contributed by atoms with Gasteiger partial charge >= 0.3 is 0 Å². The molecule has 1 aromatic heterocycles. The number of fused-ring (bicyclic) bond motifs is 1. The minimum atomic E-state index is -0.0892. The number of amides is 1. The van der Waals surface area contributed by atoms with Crippen LogP contribution < -0.4 is 9.47 Å². The van der Waals surface area contributed by atoms with Crippen molar-refractivity contribution in [3.05, 3.63) is 95.3 Å². The number of hydrogen-bond acceptors (Lipinski definition) is 3. The number of nitrogens with zero attached hydrogens (tertiary/aromatic N) is 2. The van der Waals surface area contributed by atoms with Crippen molar-refractivity contribution < 1.29 is 14.3 Å². The molecule has 3 aromatic rings. The standard InChI is InChI=1S/C23H21ClN2O3/c1-2-11-26(23(27)17-9-10-21-22(13-17)29-16-28-21)15-19-7-5-12-25(19)14-18-6-3-4-8-20(18)24/h2-10,12-13H,1,11,14-16H2. The maximum Gasteiger partial charge on any atom is 0.254 e. The molecule has 0 fully saturated rings. The zero-order valence-corrected chi connectivity index (χ0v) is 16.6. The molecule has 0 atom stereocenters. The van der Waals surface area contributed by atoms with Crippen LogP contribution in [0.4, 0.5) is 0 Å². The van der Waals surface area contributed by atoms with Crippen LogP contribution in [0.5, 0.6) is 11.5 Å². The highest BCUT2D eigenvalue weighted by atomic mass is 35.5. The van der Waals surface area contributed by atoms with Gasteiger partial charge in [-0.25, -0.2) is 0 Å². The lowest BCUT2D eigenvalue weighted by Gasteiger charge is -2.22. The molecule has 0 spiro atoms. The third-order valence-corrected chi connectivity index (χ3v) is 5.20. The van der Waals surface area contributed by atoms with Crippen LogP contribution in [0.15, 0.2) is 73.4 Å².